The van der Waals surface area contributed by atoms with Crippen molar-refractivity contribution in [2.45, 2.75) is 0 Å². The number of aromatic nitrogens is 1. The Morgan fingerprint density at radius 1 is 1.38 bits per heavy atom. The molecule has 0 atom stereocenters. The summed E-state index contributed by atoms with van der Waals surface area (Å²) in [5, 5.41) is -0.247. The van der Waals surface area contributed by atoms with Crippen LogP contribution in [-0.4, -0.2) is 21.9 Å². The molecule has 1 aliphatic rings. The highest BCUT2D eigenvalue weighted by Crippen LogP contribution is 2.23. The van der Waals surface area contributed by atoms with Gasteiger partial charge in [0, 0.05) is 6.20 Å². The standard InChI is InChI=1S/C8H6N2O2S/c11-7-5-13-8(12)10(7)6-3-1-2-4-9-6/h1-4H,5H2. The van der Waals surface area contributed by atoms with Crippen LogP contribution in [0.15, 0.2) is 24.4 Å². The van der Waals surface area contributed by atoms with E-state index in [0.29, 0.717) is 5.82 Å². The van der Waals surface area contributed by atoms with Crippen LogP contribution in [0.2, 0.25) is 0 Å². The first-order chi connectivity index (χ1) is 6.29. The molecule has 0 N–H and O–H groups in total. The molecule has 0 bridgehead atoms. The lowest BCUT2D eigenvalue weighted by atomic mass is 10.4. The molecule has 1 saturated heterocycles. The highest BCUT2D eigenvalue weighted by molar-refractivity contribution is 8.15. The first-order valence-corrected chi connectivity index (χ1v) is 4.68. The zero-order chi connectivity index (χ0) is 9.26. The maximum Gasteiger partial charge on any atom is 0.294 e. The molecule has 13 heavy (non-hydrogen) atoms. The van der Waals surface area contributed by atoms with Gasteiger partial charge in [-0.3, -0.25) is 9.59 Å². The molecule has 0 aliphatic carbocycles. The molecule has 2 amide bonds. The second-order valence-corrected chi connectivity index (χ2v) is 3.40. The van der Waals surface area contributed by atoms with Gasteiger partial charge in [-0.25, -0.2) is 9.88 Å². The van der Waals surface area contributed by atoms with Crippen molar-refractivity contribution in [2.75, 3.05) is 10.7 Å². The second-order valence-electron chi connectivity index (χ2n) is 2.47. The maximum absolute atomic E-state index is 11.2. The lowest BCUT2D eigenvalue weighted by molar-refractivity contribution is -0.115. The van der Waals surface area contributed by atoms with E-state index in [1.807, 2.05) is 0 Å². The minimum Gasteiger partial charge on any atom is -0.273 e. The molecule has 66 valence electrons. The quantitative estimate of drug-likeness (QED) is 0.675. The monoisotopic (exact) mass is 194 g/mol. The molecule has 0 saturated carbocycles. The number of carbonyl (C=O) groups excluding carboxylic acids is 2. The van der Waals surface area contributed by atoms with Gasteiger partial charge in [0.15, 0.2) is 0 Å². The van der Waals surface area contributed by atoms with E-state index in [2.05, 4.69) is 4.98 Å². The van der Waals surface area contributed by atoms with E-state index in [0.717, 1.165) is 16.7 Å². The predicted molar refractivity (Wildman–Crippen MR) is 49.6 cm³/mol. The number of anilines is 1. The number of amides is 2. The van der Waals surface area contributed by atoms with Crippen LogP contribution in [0.25, 0.3) is 0 Å². The van der Waals surface area contributed by atoms with Gasteiger partial charge >= 0.3 is 0 Å². The minimum atomic E-state index is -0.247. The minimum absolute atomic E-state index is 0.200. The van der Waals surface area contributed by atoms with Gasteiger partial charge in [-0.1, -0.05) is 17.8 Å². The van der Waals surface area contributed by atoms with Crippen molar-refractivity contribution in [3.63, 3.8) is 0 Å². The van der Waals surface area contributed by atoms with E-state index in [9.17, 15) is 9.59 Å². The van der Waals surface area contributed by atoms with Crippen LogP contribution in [0, 0.1) is 0 Å². The summed E-state index contributed by atoms with van der Waals surface area (Å²) in [5.74, 6) is 0.422. The first-order valence-electron chi connectivity index (χ1n) is 3.70. The molecule has 0 radical (unpaired) electrons. The van der Waals surface area contributed by atoms with Crippen molar-refractivity contribution in [1.29, 1.82) is 0 Å². The summed E-state index contributed by atoms with van der Waals surface area (Å²) in [6.07, 6.45) is 1.55. The number of carbonyl (C=O) groups is 2. The molecule has 1 aromatic rings. The third-order valence-electron chi connectivity index (χ3n) is 1.63. The normalized spacial score (nSPS) is 16.8. The fourth-order valence-electron chi connectivity index (χ4n) is 1.06. The Kier molecular flexibility index (Phi) is 2.02. The zero-order valence-corrected chi connectivity index (χ0v) is 7.45. The van der Waals surface area contributed by atoms with Gasteiger partial charge in [-0.15, -0.1) is 0 Å². The molecule has 1 aromatic heterocycles. The molecular formula is C8H6N2O2S. The Labute approximate surface area is 78.9 Å². The van der Waals surface area contributed by atoms with Crippen LogP contribution in [0.1, 0.15) is 0 Å². The van der Waals surface area contributed by atoms with Crippen LogP contribution in [0.3, 0.4) is 0 Å². The van der Waals surface area contributed by atoms with Crippen molar-refractivity contribution < 1.29 is 9.59 Å². The summed E-state index contributed by atoms with van der Waals surface area (Å²) >= 11 is 1.01. The van der Waals surface area contributed by atoms with E-state index < -0.39 is 0 Å². The number of hydrogen-bond acceptors (Lipinski definition) is 4. The third-order valence-corrected chi connectivity index (χ3v) is 2.45. The molecule has 2 rings (SSSR count). The average Bonchev–Trinajstić information content (AvgIpc) is 2.48. The zero-order valence-electron chi connectivity index (χ0n) is 6.64. The number of nitrogens with zero attached hydrogens (tertiary/aromatic N) is 2. The SMILES string of the molecule is O=C1CSC(=O)N1c1ccccn1. The van der Waals surface area contributed by atoms with Crippen LogP contribution in [0.5, 0.6) is 0 Å². The van der Waals surface area contributed by atoms with E-state index in [1.54, 1.807) is 24.4 Å². The molecule has 1 aliphatic heterocycles. The molecule has 1 fully saturated rings. The van der Waals surface area contributed by atoms with Crippen molar-refractivity contribution in [3.8, 4) is 0 Å². The van der Waals surface area contributed by atoms with Crippen molar-refractivity contribution in [2.24, 2.45) is 0 Å². The Morgan fingerprint density at radius 2 is 2.23 bits per heavy atom. The first kappa shape index (κ1) is 8.25. The van der Waals surface area contributed by atoms with Gasteiger partial charge < -0.3 is 0 Å². The summed E-state index contributed by atoms with van der Waals surface area (Å²) in [6.45, 7) is 0. The Bertz CT molecular complexity index is 336. The van der Waals surface area contributed by atoms with Crippen molar-refractivity contribution >= 4 is 28.7 Å². The highest BCUT2D eigenvalue weighted by atomic mass is 32.2. The van der Waals surface area contributed by atoms with E-state index in [-0.39, 0.29) is 16.9 Å². The summed E-state index contributed by atoms with van der Waals surface area (Å²) in [5.41, 5.74) is 0. The summed E-state index contributed by atoms with van der Waals surface area (Å²) in [7, 11) is 0. The average molecular weight is 194 g/mol. The van der Waals surface area contributed by atoms with Gasteiger partial charge in [0.25, 0.3) is 5.24 Å². The number of hydrogen-bond donors (Lipinski definition) is 0. The summed E-state index contributed by atoms with van der Waals surface area (Å²) < 4.78 is 0. The number of thioether (sulfide) groups is 1. The highest BCUT2D eigenvalue weighted by Gasteiger charge is 2.31. The van der Waals surface area contributed by atoms with Crippen LogP contribution < -0.4 is 4.90 Å². The summed E-state index contributed by atoms with van der Waals surface area (Å²) in [6, 6.07) is 5.12. The smallest absolute Gasteiger partial charge is 0.273 e. The lowest BCUT2D eigenvalue weighted by Gasteiger charge is -2.09. The molecule has 2 heterocycles. The maximum atomic E-state index is 11.2. The third kappa shape index (κ3) is 1.42. The van der Waals surface area contributed by atoms with Gasteiger partial charge in [0.1, 0.15) is 5.82 Å². The van der Waals surface area contributed by atoms with Crippen molar-refractivity contribution in [1.82, 2.24) is 4.98 Å². The lowest BCUT2D eigenvalue weighted by Crippen LogP contribution is -2.28. The molecular weight excluding hydrogens is 188 g/mol. The second kappa shape index (κ2) is 3.18. The topological polar surface area (TPSA) is 50.3 Å². The van der Waals surface area contributed by atoms with Gasteiger partial charge in [0.2, 0.25) is 5.91 Å². The van der Waals surface area contributed by atoms with Gasteiger partial charge in [0.05, 0.1) is 5.75 Å². The summed E-state index contributed by atoms with van der Waals surface area (Å²) in [4.78, 5) is 27.5. The van der Waals surface area contributed by atoms with E-state index in [1.165, 1.54) is 0 Å². The molecule has 4 nitrogen and oxygen atoms in total. The Hall–Kier alpha value is -1.36. The van der Waals surface area contributed by atoms with E-state index in [4.69, 9.17) is 0 Å². The number of rotatable bonds is 1. The number of pyridine rings is 1. The molecule has 0 spiro atoms. The van der Waals surface area contributed by atoms with Gasteiger partial charge in [-0.2, -0.15) is 0 Å². The fourth-order valence-corrected chi connectivity index (χ4v) is 1.76. The Balaban J connectivity index is 2.36. The van der Waals surface area contributed by atoms with Crippen LogP contribution in [0.4, 0.5) is 10.6 Å². The van der Waals surface area contributed by atoms with Crippen LogP contribution >= 0.6 is 11.8 Å². The number of imide groups is 1. The van der Waals surface area contributed by atoms with Crippen LogP contribution in [-0.2, 0) is 4.79 Å². The molecule has 0 unspecified atom stereocenters. The molecule has 5 heteroatoms. The van der Waals surface area contributed by atoms with Gasteiger partial charge in [-0.05, 0) is 12.1 Å². The van der Waals surface area contributed by atoms with Crippen molar-refractivity contribution in [3.05, 3.63) is 24.4 Å². The Morgan fingerprint density at radius 3 is 2.77 bits per heavy atom. The van der Waals surface area contributed by atoms with E-state index >= 15 is 0 Å². The predicted octanol–water partition coefficient (Wildman–Crippen LogP) is 1.28. The molecule has 0 aromatic carbocycles. The fraction of sp³-hybridized carbons (Fsp3) is 0.125. The largest absolute Gasteiger partial charge is 0.294 e.